The van der Waals surface area contributed by atoms with Crippen LogP contribution in [0.4, 0.5) is 10.2 Å². The van der Waals surface area contributed by atoms with E-state index in [2.05, 4.69) is 43.5 Å². The van der Waals surface area contributed by atoms with Crippen LogP contribution < -0.4 is 5.73 Å². The normalized spacial score (nSPS) is 15.6. The molecule has 1 aliphatic rings. The predicted molar refractivity (Wildman–Crippen MR) is 93.5 cm³/mol. The molecule has 0 spiro atoms. The van der Waals surface area contributed by atoms with Crippen LogP contribution >= 0.6 is 38.5 Å². The summed E-state index contributed by atoms with van der Waals surface area (Å²) in [5, 5.41) is 0. The van der Waals surface area contributed by atoms with E-state index in [-0.39, 0.29) is 5.82 Å². The number of benzene rings is 1. The van der Waals surface area contributed by atoms with Crippen LogP contribution in [0.15, 0.2) is 22.7 Å². The average Bonchev–Trinajstić information content (AvgIpc) is 2.98. The van der Waals surface area contributed by atoms with Gasteiger partial charge in [-0.25, -0.2) is 14.4 Å². The van der Waals surface area contributed by atoms with Crippen LogP contribution in [0.25, 0.3) is 11.4 Å². The molecule has 1 fully saturated rings. The highest BCUT2D eigenvalue weighted by atomic mass is 127. The minimum atomic E-state index is -0.298. The maximum atomic E-state index is 13.4. The lowest BCUT2D eigenvalue weighted by Gasteiger charge is -2.14. The number of anilines is 1. The number of hydrogen-bond acceptors (Lipinski definition) is 3. The summed E-state index contributed by atoms with van der Waals surface area (Å²) in [4.78, 5) is 9.08. The molecule has 1 heterocycles. The smallest absolute Gasteiger partial charge is 0.161 e. The van der Waals surface area contributed by atoms with Gasteiger partial charge in [-0.2, -0.15) is 0 Å². The van der Waals surface area contributed by atoms with Crippen LogP contribution in [-0.4, -0.2) is 9.97 Å². The van der Waals surface area contributed by atoms with Gasteiger partial charge < -0.3 is 5.73 Å². The molecule has 1 aliphatic carbocycles. The summed E-state index contributed by atoms with van der Waals surface area (Å²) in [6.07, 6.45) is 4.78. The fourth-order valence-electron chi connectivity index (χ4n) is 2.72. The number of aromatic nitrogens is 2. The van der Waals surface area contributed by atoms with Gasteiger partial charge in [0.15, 0.2) is 5.82 Å². The van der Waals surface area contributed by atoms with E-state index in [4.69, 9.17) is 10.7 Å². The molecule has 3 nitrogen and oxygen atoms in total. The third kappa shape index (κ3) is 3.06. The summed E-state index contributed by atoms with van der Waals surface area (Å²) >= 11 is 5.42. The Labute approximate surface area is 144 Å². The first-order valence-corrected chi connectivity index (χ1v) is 8.72. The van der Waals surface area contributed by atoms with Gasteiger partial charge >= 0.3 is 0 Å². The molecule has 0 unspecified atom stereocenters. The van der Waals surface area contributed by atoms with E-state index in [1.807, 2.05) is 0 Å². The molecule has 0 saturated heterocycles. The van der Waals surface area contributed by atoms with Gasteiger partial charge in [-0.15, -0.1) is 0 Å². The zero-order valence-corrected chi connectivity index (χ0v) is 15.0. The highest BCUT2D eigenvalue weighted by Crippen LogP contribution is 2.37. The Kier molecular flexibility index (Phi) is 4.44. The summed E-state index contributed by atoms with van der Waals surface area (Å²) < 4.78 is 14.7. The van der Waals surface area contributed by atoms with Crippen molar-refractivity contribution in [3.05, 3.63) is 37.8 Å². The van der Waals surface area contributed by atoms with E-state index < -0.39 is 0 Å². The highest BCUT2D eigenvalue weighted by Gasteiger charge is 2.23. The second kappa shape index (κ2) is 6.16. The minimum absolute atomic E-state index is 0.298. The van der Waals surface area contributed by atoms with E-state index >= 15 is 0 Å². The lowest BCUT2D eigenvalue weighted by atomic mass is 10.0. The maximum Gasteiger partial charge on any atom is 0.161 e. The average molecular weight is 462 g/mol. The van der Waals surface area contributed by atoms with E-state index in [0.29, 0.717) is 22.0 Å². The van der Waals surface area contributed by atoms with Crippen LogP contribution in [0.3, 0.4) is 0 Å². The fraction of sp³-hybridized carbons (Fsp3) is 0.333. The van der Waals surface area contributed by atoms with Crippen molar-refractivity contribution in [2.45, 2.75) is 31.6 Å². The molecular weight excluding hydrogens is 448 g/mol. The number of halogens is 3. The molecule has 0 radical (unpaired) electrons. The number of nitrogen functional groups attached to an aromatic ring is 1. The Balaban J connectivity index is 2.08. The first kappa shape index (κ1) is 15.1. The standard InChI is InChI=1S/C15H14BrFIN3/c16-10-7-9(5-6-11(10)17)15-20-13(8-3-1-2-4-8)12(18)14(19)21-15/h5-8H,1-4H2,(H2,19,20,21). The Hall–Kier alpha value is -0.760. The van der Waals surface area contributed by atoms with E-state index in [1.54, 1.807) is 12.1 Å². The van der Waals surface area contributed by atoms with Crippen LogP contribution in [0.2, 0.25) is 0 Å². The molecule has 1 aromatic carbocycles. The van der Waals surface area contributed by atoms with Crippen LogP contribution in [0.5, 0.6) is 0 Å². The van der Waals surface area contributed by atoms with E-state index in [9.17, 15) is 4.39 Å². The third-order valence-corrected chi connectivity index (χ3v) is 5.54. The Bertz CT molecular complexity index is 687. The molecule has 0 bridgehead atoms. The Morgan fingerprint density at radius 1 is 1.24 bits per heavy atom. The second-order valence-electron chi connectivity index (χ2n) is 5.24. The van der Waals surface area contributed by atoms with Gasteiger partial charge in [-0.1, -0.05) is 12.8 Å². The number of nitrogens with two attached hydrogens (primary N) is 1. The monoisotopic (exact) mass is 461 g/mol. The van der Waals surface area contributed by atoms with Crippen LogP contribution in [0, 0.1) is 9.39 Å². The zero-order chi connectivity index (χ0) is 15.0. The summed E-state index contributed by atoms with van der Waals surface area (Å²) in [6.45, 7) is 0. The van der Waals surface area contributed by atoms with Crippen LogP contribution in [0.1, 0.15) is 37.3 Å². The van der Waals surface area contributed by atoms with Crippen LogP contribution in [-0.2, 0) is 0 Å². The molecule has 21 heavy (non-hydrogen) atoms. The summed E-state index contributed by atoms with van der Waals surface area (Å²) in [6, 6.07) is 4.78. The SMILES string of the molecule is Nc1nc(-c2ccc(F)c(Br)c2)nc(C2CCCC2)c1I. The van der Waals surface area contributed by atoms with E-state index in [0.717, 1.165) is 27.7 Å². The Morgan fingerprint density at radius 3 is 2.62 bits per heavy atom. The van der Waals surface area contributed by atoms with E-state index in [1.165, 1.54) is 18.9 Å². The molecule has 1 saturated carbocycles. The highest BCUT2D eigenvalue weighted by molar-refractivity contribution is 14.1. The zero-order valence-electron chi connectivity index (χ0n) is 11.2. The first-order valence-electron chi connectivity index (χ1n) is 6.84. The van der Waals surface area contributed by atoms with Crippen molar-refractivity contribution < 1.29 is 4.39 Å². The molecule has 2 aromatic rings. The van der Waals surface area contributed by atoms with Crippen molar-refractivity contribution in [1.29, 1.82) is 0 Å². The maximum absolute atomic E-state index is 13.4. The van der Waals surface area contributed by atoms with Crippen molar-refractivity contribution in [1.82, 2.24) is 9.97 Å². The van der Waals surface area contributed by atoms with Gasteiger partial charge in [0, 0.05) is 11.5 Å². The lowest BCUT2D eigenvalue weighted by Crippen LogP contribution is -2.08. The van der Waals surface area contributed by atoms with Crippen molar-refractivity contribution in [2.24, 2.45) is 0 Å². The molecule has 1 aromatic heterocycles. The third-order valence-electron chi connectivity index (χ3n) is 3.82. The number of nitrogens with zero attached hydrogens (tertiary/aromatic N) is 2. The number of hydrogen-bond donors (Lipinski definition) is 1. The molecule has 2 N–H and O–H groups in total. The number of rotatable bonds is 2. The van der Waals surface area contributed by atoms with Gasteiger partial charge in [-0.05, 0) is 69.6 Å². The second-order valence-corrected chi connectivity index (χ2v) is 7.18. The lowest BCUT2D eigenvalue weighted by molar-refractivity contribution is 0.621. The van der Waals surface area contributed by atoms with Crippen molar-refractivity contribution in [3.8, 4) is 11.4 Å². The summed E-state index contributed by atoms with van der Waals surface area (Å²) in [5.41, 5.74) is 7.86. The van der Waals surface area contributed by atoms with Crippen molar-refractivity contribution >= 4 is 44.3 Å². The fourth-order valence-corrected chi connectivity index (χ4v) is 3.78. The molecule has 0 aliphatic heterocycles. The quantitative estimate of drug-likeness (QED) is 0.648. The predicted octanol–water partition coefficient (Wildman–Crippen LogP) is 4.89. The molecule has 0 atom stereocenters. The summed E-state index contributed by atoms with van der Waals surface area (Å²) in [5.74, 6) is 1.23. The minimum Gasteiger partial charge on any atom is -0.383 e. The van der Waals surface area contributed by atoms with Gasteiger partial charge in [-0.3, -0.25) is 0 Å². The largest absolute Gasteiger partial charge is 0.383 e. The van der Waals surface area contributed by atoms with Gasteiger partial charge in [0.05, 0.1) is 13.7 Å². The molecule has 0 amide bonds. The Morgan fingerprint density at radius 2 is 1.95 bits per heavy atom. The first-order chi connectivity index (χ1) is 10.1. The molecule has 6 heteroatoms. The van der Waals surface area contributed by atoms with Crippen molar-refractivity contribution in [2.75, 3.05) is 5.73 Å². The molecule has 3 rings (SSSR count). The summed E-state index contributed by atoms with van der Waals surface area (Å²) in [7, 11) is 0. The molecule has 110 valence electrons. The van der Waals surface area contributed by atoms with Crippen molar-refractivity contribution in [3.63, 3.8) is 0 Å². The topological polar surface area (TPSA) is 51.8 Å². The van der Waals surface area contributed by atoms with Gasteiger partial charge in [0.2, 0.25) is 0 Å². The van der Waals surface area contributed by atoms with Gasteiger partial charge in [0.1, 0.15) is 11.6 Å². The van der Waals surface area contributed by atoms with Gasteiger partial charge in [0.25, 0.3) is 0 Å². The molecular formula is C15H14BrFIN3.